The molecular formula is C12H20. The number of allylic oxidation sites excluding steroid dienone is 4. The largest absolute Gasteiger partial charge is 0.0883 e. The van der Waals surface area contributed by atoms with Crippen molar-refractivity contribution in [3.8, 4) is 0 Å². The molecule has 1 rings (SSSR count). The highest BCUT2D eigenvalue weighted by molar-refractivity contribution is 5.18. The van der Waals surface area contributed by atoms with Crippen LogP contribution in [0.15, 0.2) is 23.8 Å². The predicted octanol–water partition coefficient (Wildman–Crippen LogP) is 3.95. The number of hydrogen-bond acceptors (Lipinski definition) is 0. The molecule has 2 atom stereocenters. The summed E-state index contributed by atoms with van der Waals surface area (Å²) in [4.78, 5) is 0. The standard InChI is InChI=1S/C12H20/c1-4-5-6-7-10(2)12-9-8-11(12)3/h6-8,10,12H,4-5,9H2,1-3H3. The molecule has 12 heavy (non-hydrogen) atoms. The summed E-state index contributed by atoms with van der Waals surface area (Å²) in [7, 11) is 0. The van der Waals surface area contributed by atoms with E-state index in [2.05, 4.69) is 39.0 Å². The van der Waals surface area contributed by atoms with Crippen LogP contribution in [-0.4, -0.2) is 0 Å². The molecule has 0 fully saturated rings. The molecule has 1 aliphatic rings. The van der Waals surface area contributed by atoms with Crippen LogP contribution in [0.2, 0.25) is 0 Å². The van der Waals surface area contributed by atoms with Crippen LogP contribution in [0, 0.1) is 11.8 Å². The van der Waals surface area contributed by atoms with Crippen LogP contribution in [-0.2, 0) is 0 Å². The van der Waals surface area contributed by atoms with Gasteiger partial charge in [0.1, 0.15) is 0 Å². The van der Waals surface area contributed by atoms with Gasteiger partial charge in [0.25, 0.3) is 0 Å². The molecule has 0 saturated heterocycles. The second kappa shape index (κ2) is 4.49. The third-order valence-corrected chi connectivity index (χ3v) is 2.81. The molecule has 0 aromatic rings. The highest BCUT2D eigenvalue weighted by Crippen LogP contribution is 2.33. The molecule has 0 radical (unpaired) electrons. The lowest BCUT2D eigenvalue weighted by molar-refractivity contribution is 0.448. The molecule has 0 nitrogen and oxygen atoms in total. The van der Waals surface area contributed by atoms with Crippen molar-refractivity contribution in [2.75, 3.05) is 0 Å². The summed E-state index contributed by atoms with van der Waals surface area (Å²) in [6.07, 6.45) is 10.8. The maximum absolute atomic E-state index is 2.38. The van der Waals surface area contributed by atoms with Gasteiger partial charge >= 0.3 is 0 Å². The third kappa shape index (κ3) is 2.23. The van der Waals surface area contributed by atoms with Gasteiger partial charge in [-0.25, -0.2) is 0 Å². The highest BCUT2D eigenvalue weighted by Gasteiger charge is 2.21. The molecule has 0 spiro atoms. The van der Waals surface area contributed by atoms with E-state index in [-0.39, 0.29) is 0 Å². The summed E-state index contributed by atoms with van der Waals surface area (Å²) >= 11 is 0. The minimum absolute atomic E-state index is 0.751. The summed E-state index contributed by atoms with van der Waals surface area (Å²) in [5, 5.41) is 0. The summed E-state index contributed by atoms with van der Waals surface area (Å²) in [5.41, 5.74) is 1.59. The Kier molecular flexibility index (Phi) is 3.58. The number of unbranched alkanes of at least 4 members (excludes halogenated alkanes) is 1. The van der Waals surface area contributed by atoms with Crippen LogP contribution in [0.3, 0.4) is 0 Å². The van der Waals surface area contributed by atoms with E-state index in [1.165, 1.54) is 19.3 Å². The lowest BCUT2D eigenvalue weighted by Gasteiger charge is -2.28. The molecule has 0 saturated carbocycles. The first-order valence-corrected chi connectivity index (χ1v) is 5.09. The number of hydrogen-bond donors (Lipinski definition) is 0. The van der Waals surface area contributed by atoms with Gasteiger partial charge in [0.2, 0.25) is 0 Å². The first-order chi connectivity index (χ1) is 5.75. The average molecular weight is 164 g/mol. The molecule has 0 heterocycles. The topological polar surface area (TPSA) is 0 Å². The molecule has 68 valence electrons. The van der Waals surface area contributed by atoms with Crippen LogP contribution >= 0.6 is 0 Å². The van der Waals surface area contributed by atoms with Crippen molar-refractivity contribution >= 4 is 0 Å². The average Bonchev–Trinajstić information content (AvgIpc) is 2.02. The van der Waals surface area contributed by atoms with Crippen LogP contribution < -0.4 is 0 Å². The molecule has 0 heteroatoms. The van der Waals surface area contributed by atoms with Gasteiger partial charge in [-0.15, -0.1) is 0 Å². The molecule has 0 amide bonds. The van der Waals surface area contributed by atoms with Crippen molar-refractivity contribution in [2.24, 2.45) is 11.8 Å². The van der Waals surface area contributed by atoms with Crippen LogP contribution in [0.4, 0.5) is 0 Å². The fourth-order valence-corrected chi connectivity index (χ4v) is 1.73. The molecular weight excluding hydrogens is 144 g/mol. The number of rotatable bonds is 4. The molecule has 0 aromatic carbocycles. The van der Waals surface area contributed by atoms with E-state index in [4.69, 9.17) is 0 Å². The van der Waals surface area contributed by atoms with E-state index < -0.39 is 0 Å². The van der Waals surface area contributed by atoms with Crippen LogP contribution in [0.25, 0.3) is 0 Å². The van der Waals surface area contributed by atoms with Gasteiger partial charge in [0, 0.05) is 0 Å². The van der Waals surface area contributed by atoms with E-state index in [0.29, 0.717) is 0 Å². The zero-order chi connectivity index (χ0) is 8.97. The van der Waals surface area contributed by atoms with Crippen LogP contribution in [0.1, 0.15) is 40.0 Å². The van der Waals surface area contributed by atoms with Gasteiger partial charge in [0.05, 0.1) is 0 Å². The Bertz CT molecular complexity index is 186. The van der Waals surface area contributed by atoms with Crippen LogP contribution in [0.5, 0.6) is 0 Å². The Hall–Kier alpha value is -0.520. The van der Waals surface area contributed by atoms with Crippen molar-refractivity contribution in [2.45, 2.75) is 40.0 Å². The molecule has 0 bridgehead atoms. The Labute approximate surface area is 76.4 Å². The van der Waals surface area contributed by atoms with Crippen molar-refractivity contribution in [3.05, 3.63) is 23.8 Å². The molecule has 1 aliphatic carbocycles. The second-order valence-corrected chi connectivity index (χ2v) is 3.87. The van der Waals surface area contributed by atoms with E-state index in [9.17, 15) is 0 Å². The summed E-state index contributed by atoms with van der Waals surface area (Å²) in [6.45, 7) is 6.80. The van der Waals surface area contributed by atoms with Crippen molar-refractivity contribution in [1.82, 2.24) is 0 Å². The van der Waals surface area contributed by atoms with Gasteiger partial charge in [-0.3, -0.25) is 0 Å². The normalized spacial score (nSPS) is 25.2. The smallest absolute Gasteiger partial charge is 0.0111 e. The lowest BCUT2D eigenvalue weighted by Crippen LogP contribution is -2.17. The molecule has 2 unspecified atom stereocenters. The maximum Gasteiger partial charge on any atom is -0.0111 e. The van der Waals surface area contributed by atoms with E-state index in [0.717, 1.165) is 11.8 Å². The Balaban J connectivity index is 2.29. The van der Waals surface area contributed by atoms with Gasteiger partial charge in [0.15, 0.2) is 0 Å². The maximum atomic E-state index is 2.38. The van der Waals surface area contributed by atoms with E-state index in [1.807, 2.05) is 0 Å². The molecule has 0 N–H and O–H groups in total. The molecule has 0 aromatic heterocycles. The monoisotopic (exact) mass is 164 g/mol. The third-order valence-electron chi connectivity index (χ3n) is 2.81. The fraction of sp³-hybridized carbons (Fsp3) is 0.667. The van der Waals surface area contributed by atoms with Gasteiger partial charge in [-0.05, 0) is 31.6 Å². The zero-order valence-corrected chi connectivity index (χ0v) is 8.51. The predicted molar refractivity (Wildman–Crippen MR) is 55.1 cm³/mol. The van der Waals surface area contributed by atoms with E-state index >= 15 is 0 Å². The van der Waals surface area contributed by atoms with Gasteiger partial charge < -0.3 is 0 Å². The van der Waals surface area contributed by atoms with Gasteiger partial charge in [-0.2, -0.15) is 0 Å². The minimum atomic E-state index is 0.751. The fourth-order valence-electron chi connectivity index (χ4n) is 1.73. The summed E-state index contributed by atoms with van der Waals surface area (Å²) < 4.78 is 0. The Morgan fingerprint density at radius 3 is 2.83 bits per heavy atom. The summed E-state index contributed by atoms with van der Waals surface area (Å²) in [6, 6.07) is 0. The second-order valence-electron chi connectivity index (χ2n) is 3.87. The van der Waals surface area contributed by atoms with Crippen molar-refractivity contribution < 1.29 is 0 Å². The minimum Gasteiger partial charge on any atom is -0.0883 e. The Morgan fingerprint density at radius 1 is 1.67 bits per heavy atom. The Morgan fingerprint density at radius 2 is 2.42 bits per heavy atom. The van der Waals surface area contributed by atoms with Crippen molar-refractivity contribution in [1.29, 1.82) is 0 Å². The SMILES string of the molecule is CCCC=CC(C)C1CC=C1C. The summed E-state index contributed by atoms with van der Waals surface area (Å²) in [5.74, 6) is 1.60. The van der Waals surface area contributed by atoms with Crippen molar-refractivity contribution in [3.63, 3.8) is 0 Å². The lowest BCUT2D eigenvalue weighted by atomic mass is 9.77. The molecule has 0 aliphatic heterocycles. The van der Waals surface area contributed by atoms with E-state index in [1.54, 1.807) is 5.57 Å². The highest BCUT2D eigenvalue weighted by atomic mass is 14.3. The zero-order valence-electron chi connectivity index (χ0n) is 8.51. The van der Waals surface area contributed by atoms with Gasteiger partial charge in [-0.1, -0.05) is 44.1 Å². The first-order valence-electron chi connectivity index (χ1n) is 5.09. The first kappa shape index (κ1) is 9.57. The quantitative estimate of drug-likeness (QED) is 0.552.